The average molecular weight is 612 g/mol. The van der Waals surface area contributed by atoms with Crippen LogP contribution in [0, 0.1) is 0 Å². The van der Waals surface area contributed by atoms with E-state index in [1.165, 1.54) is 34.4 Å². The minimum Gasteiger partial charge on any atom is -0.495 e. The molecule has 0 unspecified atom stereocenters. The van der Waals surface area contributed by atoms with Crippen LogP contribution in [0.3, 0.4) is 0 Å². The third kappa shape index (κ3) is 6.16. The standard InChI is InChI=1S/C28H29N5O5S3/c1-4-38-27(36)23-17-9-7-12-20(17)41-26(23)30-24(34)16(2)40-28-32-31-22(15-29-25(35)21-13-8-14-39-21)33(28)18-10-5-6-11-19(18)37-3/h5-6,8,10-11,13-14,16H,4,7,9,12,15H2,1-3H3,(H,29,35)(H,30,34)/t16-/m1/s1. The summed E-state index contributed by atoms with van der Waals surface area (Å²) in [5.41, 5.74) is 2.12. The maximum absolute atomic E-state index is 13.4. The molecule has 0 fully saturated rings. The molecule has 41 heavy (non-hydrogen) atoms. The van der Waals surface area contributed by atoms with Crippen LogP contribution in [0.15, 0.2) is 46.9 Å². The predicted octanol–water partition coefficient (Wildman–Crippen LogP) is 5.11. The number of carbonyl (C=O) groups excluding carboxylic acids is 3. The van der Waals surface area contributed by atoms with E-state index in [1.807, 2.05) is 35.7 Å². The number of benzene rings is 1. The van der Waals surface area contributed by atoms with E-state index in [-0.39, 0.29) is 25.0 Å². The Bertz CT molecular complexity index is 1560. The van der Waals surface area contributed by atoms with E-state index in [0.717, 1.165) is 29.7 Å². The first-order chi connectivity index (χ1) is 19.9. The minimum absolute atomic E-state index is 0.118. The smallest absolute Gasteiger partial charge is 0.341 e. The molecule has 0 radical (unpaired) electrons. The molecule has 5 rings (SSSR count). The number of nitrogens with zero attached hydrogens (tertiary/aromatic N) is 3. The molecule has 2 N–H and O–H groups in total. The number of methoxy groups -OCH3 is 1. The molecular weight excluding hydrogens is 583 g/mol. The van der Waals surface area contributed by atoms with Gasteiger partial charge in [0.2, 0.25) is 5.91 Å². The Morgan fingerprint density at radius 3 is 2.73 bits per heavy atom. The second-order valence-electron chi connectivity index (χ2n) is 9.10. The van der Waals surface area contributed by atoms with Crippen LogP contribution in [0.5, 0.6) is 5.75 Å². The number of aryl methyl sites for hydroxylation is 1. The maximum Gasteiger partial charge on any atom is 0.341 e. The zero-order chi connectivity index (χ0) is 28.9. The topological polar surface area (TPSA) is 124 Å². The second kappa shape index (κ2) is 12.9. The van der Waals surface area contributed by atoms with E-state index >= 15 is 0 Å². The van der Waals surface area contributed by atoms with Crippen molar-refractivity contribution in [1.82, 2.24) is 20.1 Å². The highest BCUT2D eigenvalue weighted by Gasteiger charge is 2.30. The number of rotatable bonds is 11. The number of fused-ring (bicyclic) bond motifs is 1. The number of thiophene rings is 2. The molecule has 10 nitrogen and oxygen atoms in total. The lowest BCUT2D eigenvalue weighted by Gasteiger charge is -2.16. The van der Waals surface area contributed by atoms with Gasteiger partial charge in [-0.05, 0) is 62.3 Å². The van der Waals surface area contributed by atoms with Crippen LogP contribution in [-0.4, -0.2) is 51.5 Å². The fraction of sp³-hybridized carbons (Fsp3) is 0.321. The zero-order valence-electron chi connectivity index (χ0n) is 22.8. The van der Waals surface area contributed by atoms with Gasteiger partial charge in [0.15, 0.2) is 11.0 Å². The number of aromatic nitrogens is 3. The van der Waals surface area contributed by atoms with Gasteiger partial charge >= 0.3 is 5.97 Å². The summed E-state index contributed by atoms with van der Waals surface area (Å²) in [7, 11) is 1.57. The Balaban J connectivity index is 1.38. The van der Waals surface area contributed by atoms with E-state index in [1.54, 1.807) is 31.6 Å². The molecule has 3 heterocycles. The molecule has 0 saturated carbocycles. The summed E-state index contributed by atoms with van der Waals surface area (Å²) in [6.45, 7) is 3.91. The fourth-order valence-corrected chi connectivity index (χ4v) is 7.34. The molecule has 1 aromatic carbocycles. The first kappa shape index (κ1) is 28.8. The number of nitrogens with one attached hydrogen (secondary N) is 2. The van der Waals surface area contributed by atoms with Crippen molar-refractivity contribution in [3.05, 3.63) is 68.5 Å². The summed E-state index contributed by atoms with van der Waals surface area (Å²) in [6, 6.07) is 11.0. The predicted molar refractivity (Wildman–Crippen MR) is 160 cm³/mol. The molecule has 0 saturated heterocycles. The van der Waals surface area contributed by atoms with Gasteiger partial charge in [-0.1, -0.05) is 30.0 Å². The number of hydrogen-bond acceptors (Lipinski definition) is 10. The van der Waals surface area contributed by atoms with Gasteiger partial charge in [0.05, 0.1) is 41.6 Å². The Labute approximate surface area is 249 Å². The Morgan fingerprint density at radius 1 is 1.15 bits per heavy atom. The molecule has 0 spiro atoms. The van der Waals surface area contributed by atoms with Crippen LogP contribution in [0.1, 0.15) is 56.6 Å². The molecular formula is C28H29N5O5S3. The molecule has 1 aliphatic rings. The molecule has 13 heteroatoms. The monoisotopic (exact) mass is 611 g/mol. The number of thioether (sulfide) groups is 1. The zero-order valence-corrected chi connectivity index (χ0v) is 25.2. The van der Waals surface area contributed by atoms with Crippen molar-refractivity contribution in [1.29, 1.82) is 0 Å². The molecule has 2 amide bonds. The number of para-hydroxylation sites is 2. The third-order valence-corrected chi connectivity index (χ3v) is 9.59. The van der Waals surface area contributed by atoms with Gasteiger partial charge in [0, 0.05) is 4.88 Å². The van der Waals surface area contributed by atoms with E-state index in [9.17, 15) is 14.4 Å². The Kier molecular flexibility index (Phi) is 9.06. The average Bonchev–Trinajstić information content (AvgIpc) is 3.77. The number of carbonyl (C=O) groups is 3. The summed E-state index contributed by atoms with van der Waals surface area (Å²) >= 11 is 4.01. The molecule has 1 atom stereocenters. The third-order valence-electron chi connectivity index (χ3n) is 6.47. The Hall–Kier alpha value is -3.68. The van der Waals surface area contributed by atoms with Crippen molar-refractivity contribution < 1.29 is 23.9 Å². The molecule has 0 bridgehead atoms. The van der Waals surface area contributed by atoms with Crippen LogP contribution in [0.2, 0.25) is 0 Å². The van der Waals surface area contributed by atoms with Crippen LogP contribution in [-0.2, 0) is 28.9 Å². The summed E-state index contributed by atoms with van der Waals surface area (Å²) in [5, 5.41) is 16.8. The number of esters is 1. The van der Waals surface area contributed by atoms with Gasteiger partial charge in [0.1, 0.15) is 10.8 Å². The fourth-order valence-electron chi connectivity index (χ4n) is 4.54. The van der Waals surface area contributed by atoms with Gasteiger partial charge in [-0.15, -0.1) is 32.9 Å². The highest BCUT2D eigenvalue weighted by Crippen LogP contribution is 2.40. The number of amides is 2. The normalized spacial score (nSPS) is 13.0. The lowest BCUT2D eigenvalue weighted by Crippen LogP contribution is -2.25. The Morgan fingerprint density at radius 2 is 1.98 bits per heavy atom. The quantitative estimate of drug-likeness (QED) is 0.177. The van der Waals surface area contributed by atoms with Crippen molar-refractivity contribution in [3.63, 3.8) is 0 Å². The highest BCUT2D eigenvalue weighted by atomic mass is 32.2. The maximum atomic E-state index is 13.4. The van der Waals surface area contributed by atoms with Gasteiger partial charge in [0.25, 0.3) is 5.91 Å². The summed E-state index contributed by atoms with van der Waals surface area (Å²) in [5.74, 6) is 0.171. The number of ether oxygens (including phenoxy) is 2. The van der Waals surface area contributed by atoms with Gasteiger partial charge in [-0.3, -0.25) is 14.2 Å². The lowest BCUT2D eigenvalue weighted by molar-refractivity contribution is -0.115. The molecule has 1 aliphatic carbocycles. The van der Waals surface area contributed by atoms with E-state index < -0.39 is 11.2 Å². The van der Waals surface area contributed by atoms with Crippen molar-refractivity contribution in [2.45, 2.75) is 50.1 Å². The molecule has 214 valence electrons. The van der Waals surface area contributed by atoms with Gasteiger partial charge < -0.3 is 20.1 Å². The summed E-state index contributed by atoms with van der Waals surface area (Å²) < 4.78 is 12.7. The summed E-state index contributed by atoms with van der Waals surface area (Å²) in [4.78, 5) is 40.4. The largest absolute Gasteiger partial charge is 0.495 e. The van der Waals surface area contributed by atoms with Crippen molar-refractivity contribution in [3.8, 4) is 11.4 Å². The molecule has 0 aliphatic heterocycles. The van der Waals surface area contributed by atoms with Crippen LogP contribution < -0.4 is 15.4 Å². The second-order valence-corrected chi connectivity index (χ2v) is 12.5. The SMILES string of the molecule is CCOC(=O)c1c(NC(=O)[C@@H](C)Sc2nnc(CNC(=O)c3cccs3)n2-c2ccccc2OC)sc2c1CCC2. The van der Waals surface area contributed by atoms with Crippen molar-refractivity contribution in [2.75, 3.05) is 19.0 Å². The lowest BCUT2D eigenvalue weighted by atomic mass is 10.1. The van der Waals surface area contributed by atoms with E-state index in [2.05, 4.69) is 20.8 Å². The summed E-state index contributed by atoms with van der Waals surface area (Å²) in [6.07, 6.45) is 2.68. The minimum atomic E-state index is -0.590. The van der Waals surface area contributed by atoms with E-state index in [0.29, 0.717) is 37.9 Å². The van der Waals surface area contributed by atoms with Crippen LogP contribution in [0.25, 0.3) is 5.69 Å². The van der Waals surface area contributed by atoms with Crippen LogP contribution >= 0.6 is 34.4 Å². The van der Waals surface area contributed by atoms with Crippen molar-refractivity contribution >= 4 is 57.2 Å². The highest BCUT2D eigenvalue weighted by molar-refractivity contribution is 8.00. The molecule has 4 aromatic rings. The molecule has 3 aromatic heterocycles. The van der Waals surface area contributed by atoms with Gasteiger partial charge in [-0.25, -0.2) is 4.79 Å². The number of hydrogen-bond donors (Lipinski definition) is 2. The van der Waals surface area contributed by atoms with Gasteiger partial charge in [-0.2, -0.15) is 0 Å². The first-order valence-electron chi connectivity index (χ1n) is 13.1. The van der Waals surface area contributed by atoms with E-state index in [4.69, 9.17) is 9.47 Å². The van der Waals surface area contributed by atoms with Crippen LogP contribution in [0.4, 0.5) is 5.00 Å². The van der Waals surface area contributed by atoms with Crippen molar-refractivity contribution in [2.24, 2.45) is 0 Å². The number of anilines is 1. The first-order valence-corrected chi connectivity index (χ1v) is 15.7.